The van der Waals surface area contributed by atoms with Gasteiger partial charge in [-0.1, -0.05) is 0 Å². The molecule has 0 aliphatic rings. The van der Waals surface area contributed by atoms with Crippen molar-refractivity contribution in [2.75, 3.05) is 0 Å². The van der Waals surface area contributed by atoms with Gasteiger partial charge in [0.15, 0.2) is 6.17 Å². The fraction of sp³-hybridized carbons (Fsp3) is 0.400. The molecule has 0 heterocycles. The average Bonchev–Trinajstić information content (AvgIpc) is 1.84. The molecule has 0 aromatic rings. The van der Waals surface area contributed by atoms with Gasteiger partial charge in [0.05, 0.1) is 6.42 Å². The van der Waals surface area contributed by atoms with Gasteiger partial charge in [-0.25, -0.2) is 9.18 Å². The Kier molecular flexibility index (Phi) is 3.16. The highest BCUT2D eigenvalue weighted by Crippen LogP contribution is 1.99. The number of ketones is 1. The van der Waals surface area contributed by atoms with E-state index >= 15 is 0 Å². The van der Waals surface area contributed by atoms with Gasteiger partial charge in [-0.05, 0) is 0 Å². The second-order valence-electron chi connectivity index (χ2n) is 1.73. The molecule has 0 rings (SSSR count). The van der Waals surface area contributed by atoms with E-state index in [-0.39, 0.29) is 0 Å². The lowest BCUT2D eigenvalue weighted by molar-refractivity contribution is -0.152. The molecule has 0 saturated carbocycles. The lowest BCUT2D eigenvalue weighted by Gasteiger charge is -1.97. The molecule has 0 amide bonds. The number of carboxylic acids is 2. The lowest BCUT2D eigenvalue weighted by Crippen LogP contribution is -2.26. The van der Waals surface area contributed by atoms with Crippen molar-refractivity contribution in [3.63, 3.8) is 0 Å². The summed E-state index contributed by atoms with van der Waals surface area (Å²) in [6, 6.07) is 0. The second-order valence-corrected chi connectivity index (χ2v) is 1.73. The number of carbonyl (C=O) groups excluding carboxylic acids is 1. The first-order valence-electron chi connectivity index (χ1n) is 2.58. The SMILES string of the molecule is O=C(O)CC(F)C(=O)C(=O)O. The molecular formula is C5H5FO5. The van der Waals surface area contributed by atoms with Gasteiger partial charge in [-0.15, -0.1) is 0 Å². The number of hydrogen-bond acceptors (Lipinski definition) is 3. The van der Waals surface area contributed by atoms with E-state index in [4.69, 9.17) is 10.2 Å². The smallest absolute Gasteiger partial charge is 0.375 e. The molecule has 62 valence electrons. The maximum atomic E-state index is 12.2. The van der Waals surface area contributed by atoms with Crippen LogP contribution in [0.15, 0.2) is 0 Å². The molecule has 6 heteroatoms. The van der Waals surface area contributed by atoms with Crippen LogP contribution < -0.4 is 0 Å². The predicted octanol–water partition coefficient (Wildman–Crippen LogP) is -0.547. The highest BCUT2D eigenvalue weighted by atomic mass is 19.1. The number of hydrogen-bond donors (Lipinski definition) is 2. The first-order chi connectivity index (χ1) is 4.95. The van der Waals surface area contributed by atoms with E-state index in [0.29, 0.717) is 0 Å². The molecule has 0 bridgehead atoms. The number of halogens is 1. The minimum Gasteiger partial charge on any atom is -0.481 e. The van der Waals surface area contributed by atoms with Crippen molar-refractivity contribution in [1.29, 1.82) is 0 Å². The molecule has 1 atom stereocenters. The van der Waals surface area contributed by atoms with Crippen LogP contribution in [0.2, 0.25) is 0 Å². The second kappa shape index (κ2) is 3.65. The standard InChI is InChI=1S/C5H5FO5/c6-2(1-3(7)8)4(9)5(10)11/h2H,1H2,(H,7,8)(H,10,11). The Bertz CT molecular complexity index is 199. The molecule has 0 spiro atoms. The number of Topliss-reactive ketones (excluding diaryl/α,β-unsaturated/α-hetero) is 1. The van der Waals surface area contributed by atoms with E-state index in [1.165, 1.54) is 0 Å². The zero-order valence-electron chi connectivity index (χ0n) is 5.28. The molecule has 0 radical (unpaired) electrons. The van der Waals surface area contributed by atoms with Crippen LogP contribution in [0.3, 0.4) is 0 Å². The third kappa shape index (κ3) is 3.29. The molecule has 2 N–H and O–H groups in total. The Morgan fingerprint density at radius 1 is 1.27 bits per heavy atom. The van der Waals surface area contributed by atoms with Crippen molar-refractivity contribution in [2.45, 2.75) is 12.6 Å². The van der Waals surface area contributed by atoms with Crippen LogP contribution in [-0.4, -0.2) is 34.1 Å². The van der Waals surface area contributed by atoms with Crippen LogP contribution in [0.25, 0.3) is 0 Å². The quantitative estimate of drug-likeness (QED) is 0.544. The van der Waals surface area contributed by atoms with Gasteiger partial charge in [0.1, 0.15) is 0 Å². The summed E-state index contributed by atoms with van der Waals surface area (Å²) in [5.74, 6) is -5.24. The summed E-state index contributed by atoms with van der Waals surface area (Å²) < 4.78 is 12.2. The molecule has 0 aliphatic carbocycles. The molecular weight excluding hydrogens is 159 g/mol. The Hall–Kier alpha value is -1.46. The van der Waals surface area contributed by atoms with Crippen LogP contribution in [-0.2, 0) is 14.4 Å². The van der Waals surface area contributed by atoms with Gasteiger partial charge in [0.25, 0.3) is 5.78 Å². The van der Waals surface area contributed by atoms with Gasteiger partial charge < -0.3 is 10.2 Å². The van der Waals surface area contributed by atoms with E-state index in [2.05, 4.69) is 0 Å². The lowest BCUT2D eigenvalue weighted by atomic mass is 10.2. The predicted molar refractivity (Wildman–Crippen MR) is 29.8 cm³/mol. The summed E-state index contributed by atoms with van der Waals surface area (Å²) in [5, 5.41) is 15.8. The summed E-state index contributed by atoms with van der Waals surface area (Å²) in [6.07, 6.45) is -3.56. The normalized spacial score (nSPS) is 12.1. The maximum Gasteiger partial charge on any atom is 0.375 e. The number of aliphatic carboxylic acids is 2. The number of carbonyl (C=O) groups is 3. The summed E-state index contributed by atoms with van der Waals surface area (Å²) in [6.45, 7) is 0. The topological polar surface area (TPSA) is 91.7 Å². The third-order valence-electron chi connectivity index (χ3n) is 0.849. The largest absolute Gasteiger partial charge is 0.481 e. The zero-order valence-corrected chi connectivity index (χ0v) is 5.28. The van der Waals surface area contributed by atoms with E-state index in [1.54, 1.807) is 0 Å². The van der Waals surface area contributed by atoms with Gasteiger partial charge in [-0.2, -0.15) is 0 Å². The average molecular weight is 164 g/mol. The van der Waals surface area contributed by atoms with E-state index < -0.39 is 30.3 Å². The number of carboxylic acid groups (broad SMARTS) is 2. The molecule has 0 aromatic carbocycles. The van der Waals surface area contributed by atoms with Crippen molar-refractivity contribution < 1.29 is 29.0 Å². The number of alkyl halides is 1. The summed E-state index contributed by atoms with van der Waals surface area (Å²) >= 11 is 0. The third-order valence-corrected chi connectivity index (χ3v) is 0.849. The van der Waals surface area contributed by atoms with Crippen molar-refractivity contribution in [3.05, 3.63) is 0 Å². The minimum absolute atomic E-state index is 1.11. The van der Waals surface area contributed by atoms with Crippen molar-refractivity contribution in [2.24, 2.45) is 0 Å². The minimum atomic E-state index is -2.45. The monoisotopic (exact) mass is 164 g/mol. The summed E-state index contributed by atoms with van der Waals surface area (Å²) in [4.78, 5) is 29.6. The van der Waals surface area contributed by atoms with Crippen molar-refractivity contribution >= 4 is 17.7 Å². The Morgan fingerprint density at radius 3 is 2.00 bits per heavy atom. The van der Waals surface area contributed by atoms with Gasteiger partial charge in [0.2, 0.25) is 0 Å². The summed E-state index contributed by atoms with van der Waals surface area (Å²) in [5.41, 5.74) is 0. The van der Waals surface area contributed by atoms with Crippen LogP contribution >= 0.6 is 0 Å². The first-order valence-corrected chi connectivity index (χ1v) is 2.58. The van der Waals surface area contributed by atoms with Gasteiger partial charge in [0, 0.05) is 0 Å². The molecule has 0 aromatic heterocycles. The van der Waals surface area contributed by atoms with Gasteiger partial charge >= 0.3 is 11.9 Å². The fourth-order valence-corrected chi connectivity index (χ4v) is 0.380. The Labute approximate surface area is 60.4 Å². The molecule has 11 heavy (non-hydrogen) atoms. The number of rotatable bonds is 4. The van der Waals surface area contributed by atoms with Crippen molar-refractivity contribution in [3.8, 4) is 0 Å². The maximum absolute atomic E-state index is 12.2. The molecule has 0 fully saturated rings. The van der Waals surface area contributed by atoms with E-state index in [9.17, 15) is 18.8 Å². The first kappa shape index (κ1) is 9.54. The van der Waals surface area contributed by atoms with Crippen LogP contribution in [0.1, 0.15) is 6.42 Å². The van der Waals surface area contributed by atoms with E-state index in [1.807, 2.05) is 0 Å². The Balaban J connectivity index is 4.03. The fourth-order valence-electron chi connectivity index (χ4n) is 0.380. The van der Waals surface area contributed by atoms with Crippen LogP contribution in [0, 0.1) is 0 Å². The Morgan fingerprint density at radius 2 is 1.73 bits per heavy atom. The van der Waals surface area contributed by atoms with Gasteiger partial charge in [-0.3, -0.25) is 9.59 Å². The highest BCUT2D eigenvalue weighted by Gasteiger charge is 2.26. The highest BCUT2D eigenvalue weighted by molar-refractivity contribution is 6.34. The zero-order chi connectivity index (χ0) is 9.02. The molecule has 0 aliphatic heterocycles. The van der Waals surface area contributed by atoms with Crippen molar-refractivity contribution in [1.82, 2.24) is 0 Å². The van der Waals surface area contributed by atoms with E-state index in [0.717, 1.165) is 0 Å². The molecule has 0 saturated heterocycles. The molecule has 1 unspecified atom stereocenters. The summed E-state index contributed by atoms with van der Waals surface area (Å²) in [7, 11) is 0. The van der Waals surface area contributed by atoms with Crippen LogP contribution in [0.5, 0.6) is 0 Å². The van der Waals surface area contributed by atoms with Crippen LogP contribution in [0.4, 0.5) is 4.39 Å². The molecule has 5 nitrogen and oxygen atoms in total.